The van der Waals surface area contributed by atoms with Crippen LogP contribution in [0.1, 0.15) is 24.2 Å². The molecule has 20 heavy (non-hydrogen) atoms. The molecule has 1 saturated heterocycles. The number of pyridine rings is 1. The number of fused-ring (bicyclic) bond motifs is 1. The van der Waals surface area contributed by atoms with Gasteiger partial charge in [0.15, 0.2) is 0 Å². The highest BCUT2D eigenvalue weighted by molar-refractivity contribution is 6.06. The Morgan fingerprint density at radius 1 is 1.20 bits per heavy atom. The Morgan fingerprint density at radius 3 is 2.70 bits per heavy atom. The van der Waals surface area contributed by atoms with E-state index in [2.05, 4.69) is 24.1 Å². The molecule has 0 bridgehead atoms. The van der Waals surface area contributed by atoms with Crippen LogP contribution < -0.4 is 5.32 Å². The molecule has 4 nitrogen and oxygen atoms in total. The molecule has 2 unspecified atom stereocenters. The molecule has 0 saturated carbocycles. The highest BCUT2D eigenvalue weighted by Crippen LogP contribution is 2.19. The zero-order valence-corrected chi connectivity index (χ0v) is 11.8. The van der Waals surface area contributed by atoms with Crippen molar-refractivity contribution in [1.29, 1.82) is 0 Å². The maximum absolute atomic E-state index is 12.8. The predicted octanol–water partition coefficient (Wildman–Crippen LogP) is 2.06. The minimum atomic E-state index is 0.101. The van der Waals surface area contributed by atoms with Crippen LogP contribution in [0.15, 0.2) is 36.5 Å². The van der Waals surface area contributed by atoms with E-state index in [0.717, 1.165) is 29.6 Å². The van der Waals surface area contributed by atoms with Crippen molar-refractivity contribution < 1.29 is 4.79 Å². The molecule has 1 aromatic heterocycles. The summed E-state index contributed by atoms with van der Waals surface area (Å²) in [5.41, 5.74) is 1.62. The minimum Gasteiger partial charge on any atom is -0.336 e. The molecule has 0 aliphatic carbocycles. The van der Waals surface area contributed by atoms with Crippen molar-refractivity contribution in [1.82, 2.24) is 15.2 Å². The molecule has 1 N–H and O–H groups in total. The molecule has 2 atom stereocenters. The summed E-state index contributed by atoms with van der Waals surface area (Å²) in [7, 11) is 0. The fraction of sp³-hybridized carbons (Fsp3) is 0.375. The van der Waals surface area contributed by atoms with Crippen LogP contribution in [0.4, 0.5) is 0 Å². The Kier molecular flexibility index (Phi) is 3.40. The first-order valence-electron chi connectivity index (χ1n) is 7.04. The second-order valence-corrected chi connectivity index (χ2v) is 5.55. The second-order valence-electron chi connectivity index (χ2n) is 5.55. The molecule has 4 heteroatoms. The molecular weight excluding hydrogens is 250 g/mol. The molecule has 2 heterocycles. The number of nitrogens with zero attached hydrogens (tertiary/aromatic N) is 2. The third-order valence-corrected chi connectivity index (χ3v) is 3.72. The summed E-state index contributed by atoms with van der Waals surface area (Å²) in [4.78, 5) is 19.0. The molecule has 1 amide bonds. The van der Waals surface area contributed by atoms with Crippen LogP contribution in [0, 0.1) is 0 Å². The summed E-state index contributed by atoms with van der Waals surface area (Å²) in [6.45, 7) is 5.72. The van der Waals surface area contributed by atoms with Crippen molar-refractivity contribution >= 4 is 16.8 Å². The summed E-state index contributed by atoms with van der Waals surface area (Å²) in [6, 6.07) is 10.2. The van der Waals surface area contributed by atoms with Crippen LogP contribution in [0.25, 0.3) is 10.9 Å². The number of carbonyl (C=O) groups excluding carboxylic acids is 1. The summed E-state index contributed by atoms with van der Waals surface area (Å²) >= 11 is 0. The Morgan fingerprint density at radius 2 is 1.95 bits per heavy atom. The van der Waals surface area contributed by atoms with Crippen LogP contribution in [0.3, 0.4) is 0 Å². The van der Waals surface area contributed by atoms with Gasteiger partial charge >= 0.3 is 0 Å². The molecule has 2 aromatic rings. The number of hydrogen-bond acceptors (Lipinski definition) is 3. The largest absolute Gasteiger partial charge is 0.336 e. The standard InChI is InChI=1S/C16H19N3O/c1-11-9-19(10-12(2)18-11)16(20)14-5-3-7-15-13(14)6-4-8-17-15/h3-8,11-12,18H,9-10H2,1-2H3. The predicted molar refractivity (Wildman–Crippen MR) is 79.7 cm³/mol. The van der Waals surface area contributed by atoms with E-state index in [0.29, 0.717) is 12.1 Å². The summed E-state index contributed by atoms with van der Waals surface area (Å²) in [5, 5.41) is 4.38. The molecule has 0 spiro atoms. The van der Waals surface area contributed by atoms with Gasteiger partial charge in [0.2, 0.25) is 0 Å². The number of hydrogen-bond donors (Lipinski definition) is 1. The first-order chi connectivity index (χ1) is 9.65. The van der Waals surface area contributed by atoms with E-state index >= 15 is 0 Å². The third-order valence-electron chi connectivity index (χ3n) is 3.72. The van der Waals surface area contributed by atoms with E-state index in [1.807, 2.05) is 35.2 Å². The molecule has 104 valence electrons. The van der Waals surface area contributed by atoms with Crippen molar-refractivity contribution in [3.63, 3.8) is 0 Å². The molecule has 1 aliphatic rings. The number of amides is 1. The smallest absolute Gasteiger partial charge is 0.254 e. The number of aromatic nitrogens is 1. The van der Waals surface area contributed by atoms with Gasteiger partial charge in [-0.25, -0.2) is 0 Å². The monoisotopic (exact) mass is 269 g/mol. The fourth-order valence-electron chi connectivity index (χ4n) is 2.95. The number of rotatable bonds is 1. The SMILES string of the molecule is CC1CN(C(=O)c2cccc3ncccc23)CC(C)N1. The van der Waals surface area contributed by atoms with Gasteiger partial charge in [-0.15, -0.1) is 0 Å². The zero-order valence-electron chi connectivity index (χ0n) is 11.8. The van der Waals surface area contributed by atoms with E-state index in [-0.39, 0.29) is 5.91 Å². The maximum atomic E-state index is 12.8. The second kappa shape index (κ2) is 5.21. The van der Waals surface area contributed by atoms with Crippen molar-refractivity contribution in [3.05, 3.63) is 42.1 Å². The Balaban J connectivity index is 1.96. The first kappa shape index (κ1) is 13.1. The number of benzene rings is 1. The van der Waals surface area contributed by atoms with Gasteiger partial charge in [-0.2, -0.15) is 0 Å². The fourth-order valence-corrected chi connectivity index (χ4v) is 2.95. The number of carbonyl (C=O) groups is 1. The minimum absolute atomic E-state index is 0.101. The highest BCUT2D eigenvalue weighted by Gasteiger charge is 2.26. The van der Waals surface area contributed by atoms with Crippen molar-refractivity contribution in [2.45, 2.75) is 25.9 Å². The van der Waals surface area contributed by atoms with Gasteiger partial charge in [0.25, 0.3) is 5.91 Å². The Hall–Kier alpha value is -1.94. The van der Waals surface area contributed by atoms with E-state index in [4.69, 9.17) is 0 Å². The first-order valence-corrected chi connectivity index (χ1v) is 7.04. The average Bonchev–Trinajstić information content (AvgIpc) is 2.45. The number of nitrogens with one attached hydrogen (secondary N) is 1. The van der Waals surface area contributed by atoms with Gasteiger partial charge < -0.3 is 10.2 Å². The van der Waals surface area contributed by atoms with Crippen LogP contribution >= 0.6 is 0 Å². The Labute approximate surface area is 118 Å². The topological polar surface area (TPSA) is 45.2 Å². The molecule has 3 rings (SSSR count). The number of piperazine rings is 1. The van der Waals surface area contributed by atoms with Gasteiger partial charge in [0.1, 0.15) is 0 Å². The van der Waals surface area contributed by atoms with E-state index in [1.165, 1.54) is 0 Å². The zero-order chi connectivity index (χ0) is 14.1. The van der Waals surface area contributed by atoms with E-state index in [1.54, 1.807) is 6.20 Å². The molecule has 1 fully saturated rings. The van der Waals surface area contributed by atoms with Crippen molar-refractivity contribution in [2.24, 2.45) is 0 Å². The van der Waals surface area contributed by atoms with Gasteiger partial charge in [-0.05, 0) is 32.0 Å². The van der Waals surface area contributed by atoms with Crippen LogP contribution in [0.5, 0.6) is 0 Å². The van der Waals surface area contributed by atoms with Gasteiger partial charge in [-0.1, -0.05) is 12.1 Å². The molecule has 0 radical (unpaired) electrons. The van der Waals surface area contributed by atoms with Crippen molar-refractivity contribution in [2.75, 3.05) is 13.1 Å². The quantitative estimate of drug-likeness (QED) is 0.862. The maximum Gasteiger partial charge on any atom is 0.254 e. The summed E-state index contributed by atoms with van der Waals surface area (Å²) in [5.74, 6) is 0.101. The van der Waals surface area contributed by atoms with Gasteiger partial charge in [0.05, 0.1) is 5.52 Å². The lowest BCUT2D eigenvalue weighted by molar-refractivity contribution is 0.0676. The van der Waals surface area contributed by atoms with Crippen LogP contribution in [-0.4, -0.2) is 41.0 Å². The van der Waals surface area contributed by atoms with Crippen LogP contribution in [0.2, 0.25) is 0 Å². The molecular formula is C16H19N3O. The van der Waals surface area contributed by atoms with E-state index in [9.17, 15) is 4.79 Å². The lowest BCUT2D eigenvalue weighted by atomic mass is 10.1. The van der Waals surface area contributed by atoms with Crippen LogP contribution in [-0.2, 0) is 0 Å². The summed E-state index contributed by atoms with van der Waals surface area (Å²) < 4.78 is 0. The highest BCUT2D eigenvalue weighted by atomic mass is 16.2. The average molecular weight is 269 g/mol. The third kappa shape index (κ3) is 2.39. The summed E-state index contributed by atoms with van der Waals surface area (Å²) in [6.07, 6.45) is 1.76. The Bertz CT molecular complexity index is 625. The lowest BCUT2D eigenvalue weighted by Crippen LogP contribution is -2.55. The van der Waals surface area contributed by atoms with Gasteiger partial charge in [-0.3, -0.25) is 9.78 Å². The molecule has 1 aromatic carbocycles. The van der Waals surface area contributed by atoms with Gasteiger partial charge in [0, 0.05) is 42.3 Å². The lowest BCUT2D eigenvalue weighted by Gasteiger charge is -2.36. The normalized spacial score (nSPS) is 23.0. The molecule has 1 aliphatic heterocycles. The van der Waals surface area contributed by atoms with E-state index < -0.39 is 0 Å². The van der Waals surface area contributed by atoms with Crippen molar-refractivity contribution in [3.8, 4) is 0 Å².